The fourth-order valence-electron chi connectivity index (χ4n) is 2.28. The molecule has 27 heavy (non-hydrogen) atoms. The van der Waals surface area contributed by atoms with Crippen molar-refractivity contribution in [3.8, 4) is 0 Å². The van der Waals surface area contributed by atoms with Gasteiger partial charge in [-0.05, 0) is 33.6 Å². The summed E-state index contributed by atoms with van der Waals surface area (Å²) in [6, 6.07) is -1.67. The van der Waals surface area contributed by atoms with Crippen LogP contribution in [0.5, 0.6) is 0 Å². The third-order valence-electron chi connectivity index (χ3n) is 3.59. The summed E-state index contributed by atoms with van der Waals surface area (Å²) in [5.74, 6) is -2.89. The van der Waals surface area contributed by atoms with Crippen molar-refractivity contribution in [3.05, 3.63) is 0 Å². The molecule has 3 N–H and O–H groups in total. The van der Waals surface area contributed by atoms with Gasteiger partial charge in [0.05, 0.1) is 6.54 Å². The topological polar surface area (TPSA) is 137 Å². The summed E-state index contributed by atoms with van der Waals surface area (Å²) < 4.78 is 5.03. The molecule has 5 amide bonds. The van der Waals surface area contributed by atoms with Crippen LogP contribution in [0.15, 0.2) is 0 Å². The Morgan fingerprint density at radius 2 is 1.74 bits per heavy atom. The van der Waals surface area contributed by atoms with Crippen molar-refractivity contribution in [2.24, 2.45) is 0 Å². The fraction of sp³-hybridized carbons (Fsp3) is 0.688. The molecule has 1 heterocycles. The van der Waals surface area contributed by atoms with Gasteiger partial charge in [-0.3, -0.25) is 19.8 Å². The summed E-state index contributed by atoms with van der Waals surface area (Å²) in [6.45, 7) is 4.91. The average molecular weight is 385 g/mol. The van der Waals surface area contributed by atoms with Gasteiger partial charge in [-0.2, -0.15) is 0 Å². The number of rotatable bonds is 3. The Hall–Kier alpha value is -2.85. The first-order valence-corrected chi connectivity index (χ1v) is 8.50. The van der Waals surface area contributed by atoms with Crippen molar-refractivity contribution < 1.29 is 28.7 Å². The highest BCUT2D eigenvalue weighted by Crippen LogP contribution is 2.19. The minimum Gasteiger partial charge on any atom is -0.453 e. The zero-order valence-corrected chi connectivity index (χ0v) is 16.2. The standard InChI is InChI=1S/C16H27N5O6/c1-16(2,3)27-14(25)13(24)21-8-6-7-10(21)12(23)18-19-15(26)17-9-11(22)20(4)5/h10H,6-9H2,1-5H3,(H,18,23)(H2,17,19,26)/t10-/m0/s1. The zero-order valence-electron chi connectivity index (χ0n) is 16.2. The molecule has 1 saturated heterocycles. The lowest BCUT2D eigenvalue weighted by molar-refractivity contribution is -0.168. The fourth-order valence-corrected chi connectivity index (χ4v) is 2.28. The van der Waals surface area contributed by atoms with Crippen molar-refractivity contribution in [1.82, 2.24) is 26.0 Å². The summed E-state index contributed by atoms with van der Waals surface area (Å²) in [4.78, 5) is 61.8. The third-order valence-corrected chi connectivity index (χ3v) is 3.59. The Labute approximate surface area is 157 Å². The van der Waals surface area contributed by atoms with Crippen LogP contribution in [0.25, 0.3) is 0 Å². The van der Waals surface area contributed by atoms with Gasteiger partial charge in [-0.25, -0.2) is 15.0 Å². The Kier molecular flexibility index (Phi) is 7.56. The predicted molar refractivity (Wildman–Crippen MR) is 94.0 cm³/mol. The highest BCUT2D eigenvalue weighted by Gasteiger charge is 2.38. The van der Waals surface area contributed by atoms with E-state index in [1.54, 1.807) is 34.9 Å². The molecular formula is C16H27N5O6. The number of nitrogens with zero attached hydrogens (tertiary/aromatic N) is 2. The van der Waals surface area contributed by atoms with Crippen LogP contribution in [0.1, 0.15) is 33.6 Å². The molecule has 0 unspecified atom stereocenters. The molecule has 11 nitrogen and oxygen atoms in total. The number of amides is 5. The second kappa shape index (κ2) is 9.19. The SMILES string of the molecule is CN(C)C(=O)CNC(=O)NNC(=O)[C@@H]1CCCN1C(=O)C(=O)OC(C)(C)C. The smallest absolute Gasteiger partial charge is 0.397 e. The number of nitrogens with one attached hydrogen (secondary N) is 3. The molecule has 0 aromatic heterocycles. The minimum absolute atomic E-state index is 0.235. The molecule has 152 valence electrons. The molecular weight excluding hydrogens is 358 g/mol. The van der Waals surface area contributed by atoms with Gasteiger partial charge in [0, 0.05) is 20.6 Å². The third kappa shape index (κ3) is 7.12. The molecule has 0 aromatic rings. The van der Waals surface area contributed by atoms with Crippen LogP contribution in [0, 0.1) is 0 Å². The molecule has 0 aliphatic carbocycles. The van der Waals surface area contributed by atoms with E-state index in [4.69, 9.17) is 4.74 Å². The van der Waals surface area contributed by atoms with Crippen LogP contribution in [0.2, 0.25) is 0 Å². The van der Waals surface area contributed by atoms with Crippen LogP contribution < -0.4 is 16.2 Å². The molecule has 11 heteroatoms. The molecule has 1 rings (SSSR count). The normalized spacial score (nSPS) is 16.3. The maximum absolute atomic E-state index is 12.2. The van der Waals surface area contributed by atoms with Crippen LogP contribution in [-0.4, -0.2) is 78.3 Å². The number of hydrogen-bond acceptors (Lipinski definition) is 6. The van der Waals surface area contributed by atoms with Crippen molar-refractivity contribution in [3.63, 3.8) is 0 Å². The van der Waals surface area contributed by atoms with E-state index in [0.29, 0.717) is 12.8 Å². The van der Waals surface area contributed by atoms with Crippen LogP contribution in [0.4, 0.5) is 4.79 Å². The zero-order chi connectivity index (χ0) is 20.8. The number of likely N-dealkylation sites (N-methyl/N-ethyl adjacent to an activating group) is 1. The van der Waals surface area contributed by atoms with Gasteiger partial charge >= 0.3 is 17.9 Å². The van der Waals surface area contributed by atoms with Crippen LogP contribution >= 0.6 is 0 Å². The molecule has 0 radical (unpaired) electrons. The Morgan fingerprint density at radius 3 is 2.30 bits per heavy atom. The van der Waals surface area contributed by atoms with Gasteiger partial charge in [0.1, 0.15) is 11.6 Å². The maximum atomic E-state index is 12.2. The Balaban J connectivity index is 2.54. The number of urea groups is 1. The average Bonchev–Trinajstić information content (AvgIpc) is 3.04. The highest BCUT2D eigenvalue weighted by atomic mass is 16.6. The number of hydrogen-bond donors (Lipinski definition) is 3. The molecule has 0 spiro atoms. The van der Waals surface area contributed by atoms with E-state index < -0.39 is 35.5 Å². The number of carbonyl (C=O) groups excluding carboxylic acids is 5. The van der Waals surface area contributed by atoms with Gasteiger partial charge in [0.15, 0.2) is 0 Å². The van der Waals surface area contributed by atoms with Gasteiger partial charge in [-0.15, -0.1) is 0 Å². The number of likely N-dealkylation sites (tertiary alicyclic amines) is 1. The van der Waals surface area contributed by atoms with Crippen LogP contribution in [0.3, 0.4) is 0 Å². The van der Waals surface area contributed by atoms with Crippen LogP contribution in [-0.2, 0) is 23.9 Å². The molecule has 0 aromatic carbocycles. The van der Waals surface area contributed by atoms with Crippen molar-refractivity contribution in [2.45, 2.75) is 45.3 Å². The largest absolute Gasteiger partial charge is 0.453 e. The summed E-state index contributed by atoms with van der Waals surface area (Å²) in [6.07, 6.45) is 0.888. The van der Waals surface area contributed by atoms with Crippen molar-refractivity contribution >= 4 is 29.7 Å². The van der Waals surface area contributed by atoms with E-state index in [0.717, 1.165) is 4.90 Å². The monoisotopic (exact) mass is 385 g/mol. The number of ether oxygens (including phenoxy) is 1. The van der Waals surface area contributed by atoms with Gasteiger partial charge < -0.3 is 19.9 Å². The minimum atomic E-state index is -1.03. The predicted octanol–water partition coefficient (Wildman–Crippen LogP) is -1.26. The van der Waals surface area contributed by atoms with E-state index in [2.05, 4.69) is 16.2 Å². The molecule has 1 atom stereocenters. The molecule has 1 aliphatic rings. The lowest BCUT2D eigenvalue weighted by Gasteiger charge is -2.25. The van der Waals surface area contributed by atoms with Gasteiger partial charge in [0.25, 0.3) is 5.91 Å². The van der Waals surface area contributed by atoms with Gasteiger partial charge in [-0.1, -0.05) is 0 Å². The lowest BCUT2D eigenvalue weighted by Crippen LogP contribution is -2.55. The summed E-state index contributed by atoms with van der Waals surface area (Å²) in [5.41, 5.74) is 3.46. The lowest BCUT2D eigenvalue weighted by atomic mass is 10.2. The molecule has 0 saturated carbocycles. The van der Waals surface area contributed by atoms with Gasteiger partial charge in [0.2, 0.25) is 5.91 Å². The first kappa shape index (κ1) is 22.2. The van der Waals surface area contributed by atoms with Crippen molar-refractivity contribution in [1.29, 1.82) is 0 Å². The number of esters is 1. The first-order chi connectivity index (χ1) is 12.4. The second-order valence-corrected chi connectivity index (χ2v) is 7.24. The van der Waals surface area contributed by atoms with Crippen molar-refractivity contribution in [2.75, 3.05) is 27.2 Å². The number of carbonyl (C=O) groups is 5. The summed E-state index contributed by atoms with van der Waals surface area (Å²) >= 11 is 0. The second-order valence-electron chi connectivity index (χ2n) is 7.24. The van der Waals surface area contributed by atoms with E-state index in [1.807, 2.05) is 0 Å². The first-order valence-electron chi connectivity index (χ1n) is 8.50. The maximum Gasteiger partial charge on any atom is 0.397 e. The molecule has 1 aliphatic heterocycles. The summed E-state index contributed by atoms with van der Waals surface area (Å²) in [5, 5.41) is 2.28. The molecule has 1 fully saturated rings. The number of hydrazine groups is 1. The molecule has 0 bridgehead atoms. The van der Waals surface area contributed by atoms with E-state index >= 15 is 0 Å². The van der Waals surface area contributed by atoms with E-state index in [1.165, 1.54) is 4.90 Å². The van der Waals surface area contributed by atoms with E-state index in [-0.39, 0.29) is 19.0 Å². The summed E-state index contributed by atoms with van der Waals surface area (Å²) in [7, 11) is 3.08. The Morgan fingerprint density at radius 1 is 1.11 bits per heavy atom. The Bertz CT molecular complexity index is 613. The quantitative estimate of drug-likeness (QED) is 0.315. The highest BCUT2D eigenvalue weighted by molar-refractivity contribution is 6.33. The van der Waals surface area contributed by atoms with E-state index in [9.17, 15) is 24.0 Å².